The van der Waals surface area contributed by atoms with Crippen LogP contribution in [0, 0.1) is 5.82 Å². The lowest BCUT2D eigenvalue weighted by molar-refractivity contribution is 0.0925. The van der Waals surface area contributed by atoms with E-state index in [0.717, 1.165) is 4.90 Å². The van der Waals surface area contributed by atoms with E-state index in [1.165, 1.54) is 18.2 Å². The summed E-state index contributed by atoms with van der Waals surface area (Å²) < 4.78 is 19.6. The van der Waals surface area contributed by atoms with Crippen LogP contribution in [0.1, 0.15) is 20.7 Å². The molecular formula is C20H12FNO3. The van der Waals surface area contributed by atoms with Crippen molar-refractivity contribution in [3.63, 3.8) is 0 Å². The van der Waals surface area contributed by atoms with Crippen LogP contribution in [0.4, 0.5) is 10.1 Å². The van der Waals surface area contributed by atoms with Gasteiger partial charge in [-0.3, -0.25) is 9.59 Å². The van der Waals surface area contributed by atoms with E-state index in [4.69, 9.17) is 4.74 Å². The van der Waals surface area contributed by atoms with Crippen LogP contribution in [0.2, 0.25) is 0 Å². The number of anilines is 1. The number of hydrogen-bond donors (Lipinski definition) is 0. The zero-order chi connectivity index (χ0) is 17.4. The third-order valence-electron chi connectivity index (χ3n) is 3.94. The molecule has 0 aliphatic carbocycles. The lowest BCUT2D eigenvalue weighted by atomic mass is 10.1. The number of benzene rings is 3. The Balaban J connectivity index is 1.62. The summed E-state index contributed by atoms with van der Waals surface area (Å²) in [4.78, 5) is 25.9. The number of rotatable bonds is 3. The lowest BCUT2D eigenvalue weighted by Crippen LogP contribution is -2.29. The van der Waals surface area contributed by atoms with Crippen LogP contribution in [0.25, 0.3) is 0 Å². The van der Waals surface area contributed by atoms with Crippen molar-refractivity contribution in [3.05, 3.63) is 89.7 Å². The van der Waals surface area contributed by atoms with Gasteiger partial charge >= 0.3 is 0 Å². The molecule has 3 aromatic rings. The summed E-state index contributed by atoms with van der Waals surface area (Å²) in [5.74, 6) is -0.635. The number of carbonyl (C=O) groups excluding carboxylic acids is 2. The van der Waals surface area contributed by atoms with Gasteiger partial charge in [0.25, 0.3) is 11.8 Å². The fourth-order valence-corrected chi connectivity index (χ4v) is 2.77. The summed E-state index contributed by atoms with van der Waals surface area (Å²) >= 11 is 0. The Morgan fingerprint density at radius 3 is 2.08 bits per heavy atom. The molecule has 0 fully saturated rings. The topological polar surface area (TPSA) is 46.6 Å². The van der Waals surface area contributed by atoms with Gasteiger partial charge in [-0.05, 0) is 48.5 Å². The second-order valence-corrected chi connectivity index (χ2v) is 5.52. The quantitative estimate of drug-likeness (QED) is 0.667. The van der Waals surface area contributed by atoms with Crippen LogP contribution < -0.4 is 9.64 Å². The molecule has 0 spiro atoms. The molecule has 3 aromatic carbocycles. The van der Waals surface area contributed by atoms with Crippen molar-refractivity contribution in [2.45, 2.75) is 0 Å². The third kappa shape index (κ3) is 2.55. The van der Waals surface area contributed by atoms with Crippen LogP contribution in [-0.2, 0) is 0 Å². The summed E-state index contributed by atoms with van der Waals surface area (Å²) in [6.45, 7) is 0. The second-order valence-electron chi connectivity index (χ2n) is 5.52. The maximum atomic E-state index is 13.9. The van der Waals surface area contributed by atoms with Gasteiger partial charge in [0.1, 0.15) is 17.3 Å². The zero-order valence-electron chi connectivity index (χ0n) is 13.0. The van der Waals surface area contributed by atoms with Crippen molar-refractivity contribution in [1.82, 2.24) is 0 Å². The molecule has 0 atom stereocenters. The number of ether oxygens (including phenoxy) is 1. The maximum absolute atomic E-state index is 13.9. The standard InChI is InChI=1S/C20H12FNO3/c21-17-8-4-7-16-18(17)20(24)22(19(16)23)13-9-11-15(12-10-13)25-14-5-2-1-3-6-14/h1-12H. The van der Waals surface area contributed by atoms with Gasteiger partial charge in [0, 0.05) is 0 Å². The van der Waals surface area contributed by atoms with E-state index in [9.17, 15) is 14.0 Å². The summed E-state index contributed by atoms with van der Waals surface area (Å²) in [6, 6.07) is 19.8. The number of fused-ring (bicyclic) bond motifs is 1. The van der Waals surface area contributed by atoms with Gasteiger partial charge in [-0.1, -0.05) is 24.3 Å². The number of nitrogens with zero attached hydrogens (tertiary/aromatic N) is 1. The van der Waals surface area contributed by atoms with Gasteiger partial charge in [-0.15, -0.1) is 0 Å². The van der Waals surface area contributed by atoms with Crippen LogP contribution >= 0.6 is 0 Å². The number of hydrogen-bond acceptors (Lipinski definition) is 3. The first-order valence-electron chi connectivity index (χ1n) is 7.65. The normalized spacial score (nSPS) is 13.1. The molecule has 1 aliphatic heterocycles. The van der Waals surface area contributed by atoms with Gasteiger partial charge < -0.3 is 4.74 Å². The van der Waals surface area contributed by atoms with E-state index in [1.807, 2.05) is 30.3 Å². The van der Waals surface area contributed by atoms with Crippen LogP contribution in [0.15, 0.2) is 72.8 Å². The monoisotopic (exact) mass is 333 g/mol. The first kappa shape index (κ1) is 15.1. The fraction of sp³-hybridized carbons (Fsp3) is 0. The molecule has 122 valence electrons. The predicted molar refractivity (Wildman–Crippen MR) is 90.5 cm³/mol. The summed E-state index contributed by atoms with van der Waals surface area (Å²) in [6.07, 6.45) is 0. The van der Waals surface area contributed by atoms with Gasteiger partial charge in [-0.25, -0.2) is 9.29 Å². The Labute approximate surface area is 143 Å². The molecule has 0 aromatic heterocycles. The summed E-state index contributed by atoms with van der Waals surface area (Å²) in [5.41, 5.74) is 0.262. The smallest absolute Gasteiger partial charge is 0.269 e. The number of halogens is 1. The van der Waals surface area contributed by atoms with Crippen LogP contribution in [-0.4, -0.2) is 11.8 Å². The number of amides is 2. The van der Waals surface area contributed by atoms with Crippen molar-refractivity contribution >= 4 is 17.5 Å². The largest absolute Gasteiger partial charge is 0.457 e. The molecule has 1 aliphatic rings. The Kier molecular flexibility index (Phi) is 3.54. The molecule has 0 saturated heterocycles. The average Bonchev–Trinajstić information content (AvgIpc) is 2.89. The van der Waals surface area contributed by atoms with E-state index < -0.39 is 17.6 Å². The Bertz CT molecular complexity index is 968. The molecule has 4 nitrogen and oxygen atoms in total. The number of para-hydroxylation sites is 1. The molecule has 5 heteroatoms. The molecular weight excluding hydrogens is 321 g/mol. The number of carbonyl (C=O) groups is 2. The van der Waals surface area contributed by atoms with E-state index >= 15 is 0 Å². The summed E-state index contributed by atoms with van der Waals surface area (Å²) in [5, 5.41) is 0. The van der Waals surface area contributed by atoms with E-state index in [-0.39, 0.29) is 11.1 Å². The molecule has 0 bridgehead atoms. The first-order chi connectivity index (χ1) is 12.1. The molecule has 2 amide bonds. The minimum absolute atomic E-state index is 0.0783. The first-order valence-corrected chi connectivity index (χ1v) is 7.65. The minimum atomic E-state index is -0.692. The highest BCUT2D eigenvalue weighted by molar-refractivity contribution is 6.34. The van der Waals surface area contributed by atoms with Gasteiger partial charge in [-0.2, -0.15) is 0 Å². The molecule has 0 unspecified atom stereocenters. The second kappa shape index (κ2) is 5.87. The average molecular weight is 333 g/mol. The lowest BCUT2D eigenvalue weighted by Gasteiger charge is -2.14. The minimum Gasteiger partial charge on any atom is -0.457 e. The molecule has 0 N–H and O–H groups in total. The highest BCUT2D eigenvalue weighted by atomic mass is 19.1. The number of imide groups is 1. The van der Waals surface area contributed by atoms with E-state index in [0.29, 0.717) is 17.2 Å². The fourth-order valence-electron chi connectivity index (χ4n) is 2.77. The summed E-state index contributed by atoms with van der Waals surface area (Å²) in [7, 11) is 0. The highest BCUT2D eigenvalue weighted by Crippen LogP contribution is 2.31. The third-order valence-corrected chi connectivity index (χ3v) is 3.94. The van der Waals surface area contributed by atoms with Gasteiger partial charge in [0.2, 0.25) is 0 Å². The Morgan fingerprint density at radius 2 is 1.40 bits per heavy atom. The van der Waals surface area contributed by atoms with Crippen molar-refractivity contribution < 1.29 is 18.7 Å². The van der Waals surface area contributed by atoms with E-state index in [1.54, 1.807) is 24.3 Å². The predicted octanol–water partition coefficient (Wildman–Crippen LogP) is 4.42. The Hall–Kier alpha value is -3.47. The molecule has 4 rings (SSSR count). The SMILES string of the molecule is O=C1c2cccc(F)c2C(=O)N1c1ccc(Oc2ccccc2)cc1. The molecule has 25 heavy (non-hydrogen) atoms. The van der Waals surface area contributed by atoms with Gasteiger partial charge in [0.15, 0.2) is 0 Å². The Morgan fingerprint density at radius 1 is 0.720 bits per heavy atom. The van der Waals surface area contributed by atoms with Crippen LogP contribution in [0.5, 0.6) is 11.5 Å². The van der Waals surface area contributed by atoms with E-state index in [2.05, 4.69) is 0 Å². The van der Waals surface area contributed by atoms with Crippen LogP contribution in [0.3, 0.4) is 0 Å². The molecule has 0 radical (unpaired) electrons. The highest BCUT2D eigenvalue weighted by Gasteiger charge is 2.38. The van der Waals surface area contributed by atoms with Crippen molar-refractivity contribution in [2.24, 2.45) is 0 Å². The molecule has 1 heterocycles. The van der Waals surface area contributed by atoms with Gasteiger partial charge in [0.05, 0.1) is 16.8 Å². The van der Waals surface area contributed by atoms with Crippen molar-refractivity contribution in [1.29, 1.82) is 0 Å². The maximum Gasteiger partial charge on any atom is 0.269 e. The van der Waals surface area contributed by atoms with Crippen molar-refractivity contribution in [3.8, 4) is 11.5 Å². The zero-order valence-corrected chi connectivity index (χ0v) is 13.0. The molecule has 0 saturated carbocycles. The van der Waals surface area contributed by atoms with Crippen molar-refractivity contribution in [2.75, 3.05) is 4.90 Å².